The van der Waals surface area contributed by atoms with Gasteiger partial charge < -0.3 is 5.32 Å². The van der Waals surface area contributed by atoms with Crippen molar-refractivity contribution in [3.05, 3.63) is 36.0 Å². The molecule has 0 saturated heterocycles. The first-order valence-electron chi connectivity index (χ1n) is 7.93. The maximum absolute atomic E-state index is 9.38. The lowest BCUT2D eigenvalue weighted by molar-refractivity contribution is 0.471. The highest BCUT2D eigenvalue weighted by atomic mass is 14.9. The van der Waals surface area contributed by atoms with E-state index in [0.717, 1.165) is 16.6 Å². The Labute approximate surface area is 126 Å². The highest BCUT2D eigenvalue weighted by molar-refractivity contribution is 5.93. The van der Waals surface area contributed by atoms with Crippen molar-refractivity contribution in [1.82, 2.24) is 4.98 Å². The summed E-state index contributed by atoms with van der Waals surface area (Å²) < 4.78 is 0. The molecule has 3 rings (SSSR count). The number of aromatic nitrogens is 1. The molecule has 1 aliphatic carbocycles. The molecular weight excluding hydrogens is 258 g/mol. The van der Waals surface area contributed by atoms with E-state index in [4.69, 9.17) is 0 Å². The molecule has 0 aliphatic heterocycles. The Morgan fingerprint density at radius 2 is 1.76 bits per heavy atom. The van der Waals surface area contributed by atoms with Crippen LogP contribution in [0.25, 0.3) is 10.9 Å². The van der Waals surface area contributed by atoms with Crippen molar-refractivity contribution >= 4 is 16.6 Å². The monoisotopic (exact) mass is 279 g/mol. The van der Waals surface area contributed by atoms with E-state index in [1.807, 2.05) is 18.2 Å². The molecule has 1 saturated carbocycles. The summed E-state index contributed by atoms with van der Waals surface area (Å²) in [4.78, 5) is 4.38. The van der Waals surface area contributed by atoms with Gasteiger partial charge >= 0.3 is 0 Å². The van der Waals surface area contributed by atoms with Gasteiger partial charge in [-0.2, -0.15) is 5.26 Å². The fourth-order valence-electron chi connectivity index (χ4n) is 3.19. The number of nitrogens with one attached hydrogen (secondary N) is 1. The summed E-state index contributed by atoms with van der Waals surface area (Å²) in [5.41, 5.74) is 2.56. The van der Waals surface area contributed by atoms with E-state index in [9.17, 15) is 5.26 Å². The lowest BCUT2D eigenvalue weighted by atomic mass is 9.96. The molecule has 0 amide bonds. The largest absolute Gasteiger partial charge is 0.381 e. The minimum absolute atomic E-state index is 0.475. The van der Waals surface area contributed by atoms with Crippen LogP contribution in [0.4, 0.5) is 5.69 Å². The van der Waals surface area contributed by atoms with E-state index >= 15 is 0 Å². The van der Waals surface area contributed by atoms with Gasteiger partial charge in [0.05, 0.1) is 16.8 Å². The molecule has 21 heavy (non-hydrogen) atoms. The van der Waals surface area contributed by atoms with Crippen molar-refractivity contribution in [3.8, 4) is 6.07 Å². The lowest BCUT2D eigenvalue weighted by Crippen LogP contribution is -2.21. The maximum Gasteiger partial charge on any atom is 0.103 e. The van der Waals surface area contributed by atoms with Crippen molar-refractivity contribution in [3.63, 3.8) is 0 Å². The van der Waals surface area contributed by atoms with Crippen molar-refractivity contribution in [2.24, 2.45) is 0 Å². The summed E-state index contributed by atoms with van der Waals surface area (Å²) in [6, 6.07) is 10.8. The second kappa shape index (κ2) is 6.58. The molecule has 0 unspecified atom stereocenters. The summed E-state index contributed by atoms with van der Waals surface area (Å²) in [7, 11) is 0. The van der Waals surface area contributed by atoms with E-state index in [-0.39, 0.29) is 0 Å². The molecule has 0 atom stereocenters. The average Bonchev–Trinajstić information content (AvgIpc) is 2.50. The Morgan fingerprint density at radius 1 is 1.05 bits per heavy atom. The Bertz CT molecular complexity index is 649. The van der Waals surface area contributed by atoms with Crippen molar-refractivity contribution < 1.29 is 0 Å². The van der Waals surface area contributed by atoms with Crippen LogP contribution in [-0.2, 0) is 0 Å². The van der Waals surface area contributed by atoms with Gasteiger partial charge in [-0.15, -0.1) is 0 Å². The molecule has 1 aromatic heterocycles. The molecule has 0 bridgehead atoms. The van der Waals surface area contributed by atoms with Crippen molar-refractivity contribution in [1.29, 1.82) is 5.26 Å². The highest BCUT2D eigenvalue weighted by Crippen LogP contribution is 2.28. The van der Waals surface area contributed by atoms with Gasteiger partial charge in [0.2, 0.25) is 0 Å². The third-order valence-corrected chi connectivity index (χ3v) is 4.35. The van der Waals surface area contributed by atoms with Crippen LogP contribution in [0.3, 0.4) is 0 Å². The molecule has 3 nitrogen and oxygen atoms in total. The second-order valence-electron chi connectivity index (χ2n) is 5.86. The van der Waals surface area contributed by atoms with Crippen LogP contribution in [0, 0.1) is 11.3 Å². The standard InChI is InChI=1S/C18H21N3/c19-12-14-13-20-17-11-7-6-10-16(17)18(14)21-15-8-4-2-1-3-5-9-15/h6-7,10-11,13,15H,1-5,8-9H2,(H,20,21). The van der Waals surface area contributed by atoms with Crippen LogP contribution in [0.2, 0.25) is 0 Å². The number of nitriles is 1. The van der Waals surface area contributed by atoms with Crippen LogP contribution < -0.4 is 5.32 Å². The Balaban J connectivity index is 1.92. The quantitative estimate of drug-likeness (QED) is 0.871. The van der Waals surface area contributed by atoms with Gasteiger partial charge in [-0.25, -0.2) is 0 Å². The van der Waals surface area contributed by atoms with E-state index in [1.54, 1.807) is 6.20 Å². The molecule has 1 aromatic carbocycles. The van der Waals surface area contributed by atoms with Gasteiger partial charge in [0.1, 0.15) is 6.07 Å². The number of anilines is 1. The van der Waals surface area contributed by atoms with Gasteiger partial charge in [-0.05, 0) is 18.9 Å². The predicted octanol–water partition coefficient (Wildman–Crippen LogP) is 4.63. The third kappa shape index (κ3) is 3.16. The summed E-state index contributed by atoms with van der Waals surface area (Å²) in [5, 5.41) is 14.1. The number of rotatable bonds is 2. The van der Waals surface area contributed by atoms with E-state index in [0.29, 0.717) is 11.6 Å². The third-order valence-electron chi connectivity index (χ3n) is 4.35. The molecule has 108 valence electrons. The van der Waals surface area contributed by atoms with Crippen LogP contribution in [0.1, 0.15) is 50.5 Å². The van der Waals surface area contributed by atoms with Crippen LogP contribution in [0.15, 0.2) is 30.5 Å². The summed E-state index contributed by atoms with van der Waals surface area (Å²) in [6.07, 6.45) is 10.7. The number of para-hydroxylation sites is 1. The molecule has 1 fully saturated rings. The summed E-state index contributed by atoms with van der Waals surface area (Å²) in [5.74, 6) is 0. The normalized spacial score (nSPS) is 16.9. The van der Waals surface area contributed by atoms with Crippen LogP contribution in [-0.4, -0.2) is 11.0 Å². The van der Waals surface area contributed by atoms with Gasteiger partial charge in [-0.1, -0.05) is 50.3 Å². The molecule has 1 heterocycles. The topological polar surface area (TPSA) is 48.7 Å². The Hall–Kier alpha value is -2.08. The smallest absolute Gasteiger partial charge is 0.103 e. The first-order valence-corrected chi connectivity index (χ1v) is 7.93. The number of hydrogen-bond acceptors (Lipinski definition) is 3. The van der Waals surface area contributed by atoms with Gasteiger partial charge in [-0.3, -0.25) is 4.98 Å². The first kappa shape index (κ1) is 13.9. The highest BCUT2D eigenvalue weighted by Gasteiger charge is 2.15. The van der Waals surface area contributed by atoms with E-state index in [1.165, 1.54) is 44.9 Å². The molecule has 0 radical (unpaired) electrons. The van der Waals surface area contributed by atoms with Crippen molar-refractivity contribution in [2.75, 3.05) is 5.32 Å². The summed E-state index contributed by atoms with van der Waals surface area (Å²) in [6.45, 7) is 0. The molecule has 1 N–H and O–H groups in total. The number of hydrogen-bond donors (Lipinski definition) is 1. The van der Waals surface area contributed by atoms with Gasteiger partial charge in [0.15, 0.2) is 0 Å². The van der Waals surface area contributed by atoms with Gasteiger partial charge in [0.25, 0.3) is 0 Å². The van der Waals surface area contributed by atoms with Gasteiger partial charge in [0, 0.05) is 17.6 Å². The fraction of sp³-hybridized carbons (Fsp3) is 0.444. The number of nitrogens with zero attached hydrogens (tertiary/aromatic N) is 2. The Morgan fingerprint density at radius 3 is 2.52 bits per heavy atom. The minimum Gasteiger partial charge on any atom is -0.381 e. The predicted molar refractivity (Wildman–Crippen MR) is 86.2 cm³/mol. The van der Waals surface area contributed by atoms with Crippen LogP contribution in [0.5, 0.6) is 0 Å². The lowest BCUT2D eigenvalue weighted by Gasteiger charge is -2.23. The van der Waals surface area contributed by atoms with E-state index < -0.39 is 0 Å². The Kier molecular flexibility index (Phi) is 4.35. The molecular formula is C18H21N3. The SMILES string of the molecule is N#Cc1cnc2ccccc2c1NC1CCCCCCC1. The zero-order valence-corrected chi connectivity index (χ0v) is 12.3. The zero-order chi connectivity index (χ0) is 14.5. The number of fused-ring (bicyclic) bond motifs is 1. The zero-order valence-electron chi connectivity index (χ0n) is 12.3. The molecule has 1 aliphatic rings. The maximum atomic E-state index is 9.38. The number of benzene rings is 1. The fourth-order valence-corrected chi connectivity index (χ4v) is 3.19. The molecule has 3 heteroatoms. The van der Waals surface area contributed by atoms with E-state index in [2.05, 4.69) is 22.4 Å². The first-order chi connectivity index (χ1) is 10.4. The van der Waals surface area contributed by atoms with Crippen LogP contribution >= 0.6 is 0 Å². The molecule has 0 spiro atoms. The number of pyridine rings is 1. The van der Waals surface area contributed by atoms with Crippen molar-refractivity contribution in [2.45, 2.75) is 51.0 Å². The second-order valence-corrected chi connectivity index (χ2v) is 5.86. The average molecular weight is 279 g/mol. The minimum atomic E-state index is 0.475. The molecule has 2 aromatic rings. The summed E-state index contributed by atoms with van der Waals surface area (Å²) >= 11 is 0.